The SMILES string of the molecule is O=C1CC2(O)C(CC3C4CCc5cc(O)ccc5C4C(c4ccccc4)CC32)O1. The standard InChI is InChI=1S/C25H26O4/c26-16-7-9-17-15(10-16)6-8-18-20-12-22-25(28,13-23(27)29-22)21(20)11-19(24(17)18)14-4-2-1-3-5-14/h1-5,7,9-10,18-22,24,26,28H,6,8,11-13H2. The van der Waals surface area contributed by atoms with Crippen molar-refractivity contribution in [2.24, 2.45) is 17.8 Å². The van der Waals surface area contributed by atoms with Gasteiger partial charge in [0.2, 0.25) is 0 Å². The highest BCUT2D eigenvalue weighted by molar-refractivity contribution is 5.74. The first-order valence-corrected chi connectivity index (χ1v) is 10.8. The minimum absolute atomic E-state index is 0.101. The zero-order valence-electron chi connectivity index (χ0n) is 16.3. The summed E-state index contributed by atoms with van der Waals surface area (Å²) in [6, 6.07) is 16.5. The fraction of sp³-hybridized carbons (Fsp3) is 0.480. The van der Waals surface area contributed by atoms with E-state index in [-0.39, 0.29) is 24.4 Å². The van der Waals surface area contributed by atoms with Crippen LogP contribution in [0.4, 0.5) is 0 Å². The molecule has 29 heavy (non-hydrogen) atoms. The van der Waals surface area contributed by atoms with Crippen LogP contribution in [0.3, 0.4) is 0 Å². The van der Waals surface area contributed by atoms with E-state index in [9.17, 15) is 15.0 Å². The Labute approximate surface area is 170 Å². The molecule has 4 nitrogen and oxygen atoms in total. The summed E-state index contributed by atoms with van der Waals surface area (Å²) in [4.78, 5) is 12.0. The molecule has 1 heterocycles. The number of aliphatic hydroxyl groups is 1. The van der Waals surface area contributed by atoms with Gasteiger partial charge >= 0.3 is 5.97 Å². The number of carbonyl (C=O) groups excluding carboxylic acids is 1. The summed E-state index contributed by atoms with van der Waals surface area (Å²) in [6.45, 7) is 0. The minimum atomic E-state index is -1.00. The fourth-order valence-corrected chi connectivity index (χ4v) is 7.23. The molecular weight excluding hydrogens is 364 g/mol. The van der Waals surface area contributed by atoms with Crippen LogP contribution in [0, 0.1) is 17.8 Å². The van der Waals surface area contributed by atoms with Gasteiger partial charge in [0.1, 0.15) is 17.5 Å². The molecular formula is C25H26O4. The number of aromatic hydroxyl groups is 1. The van der Waals surface area contributed by atoms with Crippen molar-refractivity contribution < 1.29 is 19.7 Å². The minimum Gasteiger partial charge on any atom is -0.508 e. The van der Waals surface area contributed by atoms with Gasteiger partial charge in [-0.3, -0.25) is 4.79 Å². The molecule has 4 heteroatoms. The lowest BCUT2D eigenvalue weighted by Crippen LogP contribution is -2.46. The number of carbonyl (C=O) groups is 1. The molecule has 4 aliphatic rings. The summed E-state index contributed by atoms with van der Waals surface area (Å²) in [5.74, 6) is 1.70. The second kappa shape index (κ2) is 6.09. The van der Waals surface area contributed by atoms with Crippen LogP contribution in [0.2, 0.25) is 0 Å². The first kappa shape index (κ1) is 17.5. The molecule has 1 aliphatic heterocycles. The van der Waals surface area contributed by atoms with Crippen molar-refractivity contribution in [2.45, 2.75) is 55.6 Å². The largest absolute Gasteiger partial charge is 0.508 e. The highest BCUT2D eigenvalue weighted by atomic mass is 16.6. The number of fused-ring (bicyclic) bond motifs is 7. The molecule has 2 saturated carbocycles. The monoisotopic (exact) mass is 390 g/mol. The molecule has 150 valence electrons. The maximum absolute atomic E-state index is 12.0. The van der Waals surface area contributed by atoms with Crippen LogP contribution >= 0.6 is 0 Å². The molecule has 7 unspecified atom stereocenters. The summed E-state index contributed by atoms with van der Waals surface area (Å²) in [5, 5.41) is 21.5. The summed E-state index contributed by atoms with van der Waals surface area (Å²) in [6.07, 6.45) is 3.47. The summed E-state index contributed by atoms with van der Waals surface area (Å²) in [7, 11) is 0. The maximum atomic E-state index is 12.0. The zero-order valence-corrected chi connectivity index (χ0v) is 16.3. The number of benzene rings is 2. The van der Waals surface area contributed by atoms with Gasteiger partial charge in [-0.2, -0.15) is 0 Å². The highest BCUT2D eigenvalue weighted by Crippen LogP contribution is 2.64. The van der Waals surface area contributed by atoms with E-state index >= 15 is 0 Å². The second-order valence-corrected chi connectivity index (χ2v) is 9.52. The topological polar surface area (TPSA) is 66.8 Å². The van der Waals surface area contributed by atoms with E-state index in [1.165, 1.54) is 16.7 Å². The van der Waals surface area contributed by atoms with Crippen LogP contribution in [0.1, 0.15) is 54.2 Å². The van der Waals surface area contributed by atoms with E-state index in [1.54, 1.807) is 0 Å². The van der Waals surface area contributed by atoms with Gasteiger partial charge in [-0.05, 0) is 84.1 Å². The van der Waals surface area contributed by atoms with Crippen molar-refractivity contribution in [3.05, 3.63) is 65.2 Å². The molecule has 3 fully saturated rings. The predicted octanol–water partition coefficient (Wildman–Crippen LogP) is 3.91. The van der Waals surface area contributed by atoms with Gasteiger partial charge in [0.25, 0.3) is 0 Å². The van der Waals surface area contributed by atoms with E-state index in [0.717, 1.165) is 25.7 Å². The number of phenols is 1. The average molecular weight is 390 g/mol. The Bertz CT molecular complexity index is 970. The summed E-state index contributed by atoms with van der Waals surface area (Å²) >= 11 is 0. The number of hydrogen-bond acceptors (Lipinski definition) is 4. The smallest absolute Gasteiger partial charge is 0.309 e. The van der Waals surface area contributed by atoms with E-state index < -0.39 is 5.60 Å². The Morgan fingerprint density at radius 2 is 1.86 bits per heavy atom. The number of aryl methyl sites for hydroxylation is 1. The molecule has 3 aliphatic carbocycles. The van der Waals surface area contributed by atoms with Gasteiger partial charge in [0, 0.05) is 0 Å². The Hall–Kier alpha value is -2.33. The zero-order chi connectivity index (χ0) is 19.8. The molecule has 6 rings (SSSR count). The lowest BCUT2D eigenvalue weighted by atomic mass is 9.54. The molecule has 0 aromatic heterocycles. The normalized spacial score (nSPS) is 39.8. The van der Waals surface area contributed by atoms with E-state index in [4.69, 9.17) is 4.74 Å². The van der Waals surface area contributed by atoms with Gasteiger partial charge in [-0.25, -0.2) is 0 Å². The number of rotatable bonds is 1. The average Bonchev–Trinajstić information content (AvgIpc) is 3.15. The van der Waals surface area contributed by atoms with Crippen molar-refractivity contribution in [2.75, 3.05) is 0 Å². The first-order valence-electron chi connectivity index (χ1n) is 10.8. The van der Waals surface area contributed by atoms with E-state index in [2.05, 4.69) is 30.3 Å². The summed E-state index contributed by atoms with van der Waals surface area (Å²) in [5.41, 5.74) is 2.91. The quantitative estimate of drug-likeness (QED) is 0.725. The van der Waals surface area contributed by atoms with Gasteiger partial charge in [-0.15, -0.1) is 0 Å². The van der Waals surface area contributed by atoms with Crippen molar-refractivity contribution in [1.29, 1.82) is 0 Å². The Morgan fingerprint density at radius 1 is 1.03 bits per heavy atom. The van der Waals surface area contributed by atoms with Crippen LogP contribution in [0.15, 0.2) is 48.5 Å². The third-order valence-electron chi connectivity index (χ3n) is 8.32. The molecule has 1 saturated heterocycles. The van der Waals surface area contributed by atoms with Gasteiger partial charge in [0.05, 0.1) is 6.42 Å². The number of hydrogen-bond donors (Lipinski definition) is 2. The van der Waals surface area contributed by atoms with Gasteiger partial charge in [-0.1, -0.05) is 36.4 Å². The van der Waals surface area contributed by atoms with Crippen LogP contribution in [-0.4, -0.2) is 27.9 Å². The third kappa shape index (κ3) is 2.45. The van der Waals surface area contributed by atoms with Crippen LogP contribution < -0.4 is 0 Å². The van der Waals surface area contributed by atoms with E-state index in [0.29, 0.717) is 29.4 Å². The van der Waals surface area contributed by atoms with Crippen molar-refractivity contribution in [3.63, 3.8) is 0 Å². The fourth-order valence-electron chi connectivity index (χ4n) is 7.23. The molecule has 2 aromatic rings. The number of phenolic OH excluding ortho intramolecular Hbond substituents is 1. The first-order chi connectivity index (χ1) is 14.0. The maximum Gasteiger partial charge on any atom is 0.309 e. The second-order valence-electron chi connectivity index (χ2n) is 9.52. The third-order valence-corrected chi connectivity index (χ3v) is 8.32. The summed E-state index contributed by atoms with van der Waals surface area (Å²) < 4.78 is 5.56. The molecule has 7 atom stereocenters. The molecule has 0 bridgehead atoms. The molecule has 2 aromatic carbocycles. The number of esters is 1. The van der Waals surface area contributed by atoms with Crippen molar-refractivity contribution in [1.82, 2.24) is 0 Å². The number of ether oxygens (including phenoxy) is 1. The lowest BCUT2D eigenvalue weighted by Gasteiger charge is -2.50. The van der Waals surface area contributed by atoms with Gasteiger partial charge in [0.15, 0.2) is 0 Å². The molecule has 2 N–H and O–H groups in total. The Balaban J connectivity index is 1.47. The Kier molecular flexibility index (Phi) is 3.68. The van der Waals surface area contributed by atoms with Crippen LogP contribution in [-0.2, 0) is 16.0 Å². The predicted molar refractivity (Wildman–Crippen MR) is 108 cm³/mol. The Morgan fingerprint density at radius 3 is 2.69 bits per heavy atom. The molecule has 0 radical (unpaired) electrons. The molecule has 0 amide bonds. The van der Waals surface area contributed by atoms with Gasteiger partial charge < -0.3 is 14.9 Å². The van der Waals surface area contributed by atoms with Crippen molar-refractivity contribution in [3.8, 4) is 5.75 Å². The van der Waals surface area contributed by atoms with Crippen LogP contribution in [0.5, 0.6) is 5.75 Å². The van der Waals surface area contributed by atoms with E-state index in [1.807, 2.05) is 18.2 Å². The highest BCUT2D eigenvalue weighted by Gasteiger charge is 2.65. The molecule has 0 spiro atoms. The van der Waals surface area contributed by atoms with Crippen molar-refractivity contribution >= 4 is 5.97 Å². The van der Waals surface area contributed by atoms with Crippen LogP contribution in [0.25, 0.3) is 0 Å². The lowest BCUT2D eigenvalue weighted by molar-refractivity contribution is -0.142.